The van der Waals surface area contributed by atoms with Gasteiger partial charge in [0.05, 0.1) is 0 Å². The average Bonchev–Trinajstić information content (AvgIpc) is 2.85. The number of likely N-dealkylation sites (tertiary alicyclic amines) is 1. The maximum Gasteiger partial charge on any atom is 0.270 e. The molecule has 0 radical (unpaired) electrons. The van der Waals surface area contributed by atoms with Gasteiger partial charge in [-0.25, -0.2) is 0 Å². The Hall–Kier alpha value is -3.12. The lowest BCUT2D eigenvalue weighted by Gasteiger charge is -2.50. The summed E-state index contributed by atoms with van der Waals surface area (Å²) in [7, 11) is 0. The lowest BCUT2D eigenvalue weighted by molar-refractivity contribution is -0.154. The monoisotopic (exact) mass is 475 g/mol. The van der Waals surface area contributed by atoms with Crippen LogP contribution < -0.4 is 10.1 Å². The molecule has 2 amide bonds. The Bertz CT molecular complexity index is 1040. The predicted octanol–water partition coefficient (Wildman–Crippen LogP) is 5.11. The van der Waals surface area contributed by atoms with E-state index in [4.69, 9.17) is 4.74 Å². The second-order valence-corrected chi connectivity index (χ2v) is 9.96. The fourth-order valence-corrected chi connectivity index (χ4v) is 4.96. The van der Waals surface area contributed by atoms with Crippen LogP contribution in [0.15, 0.2) is 66.4 Å². The van der Waals surface area contributed by atoms with Crippen molar-refractivity contribution in [3.63, 3.8) is 0 Å². The molecule has 2 saturated heterocycles. The number of unbranched alkanes of at least 4 members (excludes halogenated alkanes) is 1. The zero-order chi connectivity index (χ0) is 24.8. The number of rotatable bonds is 8. The van der Waals surface area contributed by atoms with Crippen molar-refractivity contribution in [2.75, 3.05) is 19.6 Å². The first-order chi connectivity index (χ1) is 16.9. The Kier molecular flexibility index (Phi) is 7.91. The highest BCUT2D eigenvalue weighted by Gasteiger charge is 2.52. The first kappa shape index (κ1) is 25.0. The number of carbonyl (C=O) groups excluding carboxylic acids is 2. The largest absolute Gasteiger partial charge is 0.457 e. The molecule has 0 bridgehead atoms. The molecule has 2 aliphatic rings. The first-order valence-corrected chi connectivity index (χ1v) is 12.8. The first-order valence-electron chi connectivity index (χ1n) is 12.8. The smallest absolute Gasteiger partial charge is 0.270 e. The summed E-state index contributed by atoms with van der Waals surface area (Å²) < 4.78 is 5.90. The lowest BCUT2D eigenvalue weighted by atomic mass is 9.82. The van der Waals surface area contributed by atoms with E-state index >= 15 is 0 Å². The van der Waals surface area contributed by atoms with Crippen molar-refractivity contribution >= 4 is 11.8 Å². The van der Waals surface area contributed by atoms with Gasteiger partial charge in [-0.3, -0.25) is 14.5 Å². The Morgan fingerprint density at radius 3 is 2.29 bits per heavy atom. The minimum atomic E-state index is -0.746. The van der Waals surface area contributed by atoms with Gasteiger partial charge in [0.1, 0.15) is 22.7 Å². The Morgan fingerprint density at radius 2 is 1.66 bits per heavy atom. The van der Waals surface area contributed by atoms with Crippen LogP contribution in [0, 0.1) is 5.92 Å². The van der Waals surface area contributed by atoms with Crippen LogP contribution in [0.2, 0.25) is 0 Å². The molecule has 2 aromatic carbocycles. The van der Waals surface area contributed by atoms with Crippen molar-refractivity contribution in [1.82, 2.24) is 15.1 Å². The maximum atomic E-state index is 13.4. The summed E-state index contributed by atoms with van der Waals surface area (Å²) in [6.45, 7) is 9.14. The summed E-state index contributed by atoms with van der Waals surface area (Å²) in [5, 5.41) is 2.95. The standard InChI is InChI=1S/C29H37N3O3/c1-4-5-17-32-27(33)26(20-22(2)3)30-28(34)29(32)15-18-31(19-16-29)21-23-11-13-25(14-12-23)35-24-9-7-6-8-10-24/h6-14,20,22H,4-5,15-19,21H2,1-3H3,(H,30,34)/b26-20-. The highest BCUT2D eigenvalue weighted by atomic mass is 16.5. The molecule has 0 aliphatic carbocycles. The molecule has 6 nitrogen and oxygen atoms in total. The van der Waals surface area contributed by atoms with E-state index in [1.165, 1.54) is 5.56 Å². The maximum absolute atomic E-state index is 13.4. The summed E-state index contributed by atoms with van der Waals surface area (Å²) in [4.78, 5) is 30.9. The number of nitrogens with zero attached hydrogens (tertiary/aromatic N) is 2. The molecular weight excluding hydrogens is 438 g/mol. The normalized spacial score (nSPS) is 19.4. The molecule has 6 heteroatoms. The van der Waals surface area contributed by atoms with Crippen molar-refractivity contribution in [2.24, 2.45) is 5.92 Å². The summed E-state index contributed by atoms with van der Waals surface area (Å²) in [6.07, 6.45) is 5.06. The molecule has 35 heavy (non-hydrogen) atoms. The van der Waals surface area contributed by atoms with E-state index in [1.807, 2.05) is 67.3 Å². The molecule has 2 aromatic rings. The summed E-state index contributed by atoms with van der Waals surface area (Å²) in [5.41, 5.74) is 0.896. The molecule has 0 aromatic heterocycles. The minimum absolute atomic E-state index is 0.0258. The number of carbonyl (C=O) groups is 2. The SMILES string of the molecule is CCCCN1C(=O)/C(=C/C(C)C)NC(=O)C12CCN(Cc1ccc(Oc3ccccc3)cc1)CC2. The van der Waals surface area contributed by atoms with Gasteiger partial charge in [0, 0.05) is 26.2 Å². The Labute approximate surface area is 208 Å². The predicted molar refractivity (Wildman–Crippen MR) is 138 cm³/mol. The van der Waals surface area contributed by atoms with E-state index < -0.39 is 5.54 Å². The number of benzene rings is 2. The molecule has 1 N–H and O–H groups in total. The Balaban J connectivity index is 1.40. The van der Waals surface area contributed by atoms with Crippen LogP contribution >= 0.6 is 0 Å². The van der Waals surface area contributed by atoms with E-state index in [-0.39, 0.29) is 17.7 Å². The van der Waals surface area contributed by atoms with Gasteiger partial charge in [0.15, 0.2) is 0 Å². The van der Waals surface area contributed by atoms with E-state index in [1.54, 1.807) is 0 Å². The van der Waals surface area contributed by atoms with Gasteiger partial charge in [-0.1, -0.05) is 63.6 Å². The molecule has 0 unspecified atom stereocenters. The zero-order valence-corrected chi connectivity index (χ0v) is 21.1. The second-order valence-electron chi connectivity index (χ2n) is 9.96. The van der Waals surface area contributed by atoms with E-state index in [0.717, 1.165) is 44.0 Å². The number of hydrogen-bond donors (Lipinski definition) is 1. The van der Waals surface area contributed by atoms with Crippen molar-refractivity contribution in [2.45, 2.75) is 58.5 Å². The molecule has 0 atom stereocenters. The quantitative estimate of drug-likeness (QED) is 0.539. The van der Waals surface area contributed by atoms with E-state index in [2.05, 4.69) is 29.3 Å². The van der Waals surface area contributed by atoms with Gasteiger partial charge >= 0.3 is 0 Å². The van der Waals surface area contributed by atoms with E-state index in [0.29, 0.717) is 25.1 Å². The fourth-order valence-electron chi connectivity index (χ4n) is 4.96. The van der Waals surface area contributed by atoms with Crippen molar-refractivity contribution in [3.05, 3.63) is 71.9 Å². The van der Waals surface area contributed by atoms with Gasteiger partial charge in [0.25, 0.3) is 11.8 Å². The van der Waals surface area contributed by atoms with Crippen LogP contribution in [0.4, 0.5) is 0 Å². The highest BCUT2D eigenvalue weighted by molar-refractivity contribution is 6.06. The molecule has 2 fully saturated rings. The third-order valence-electron chi connectivity index (χ3n) is 6.89. The number of allylic oxidation sites excluding steroid dienone is 1. The van der Waals surface area contributed by atoms with Gasteiger partial charge in [0.2, 0.25) is 0 Å². The van der Waals surface area contributed by atoms with Gasteiger partial charge in [-0.2, -0.15) is 0 Å². The van der Waals surface area contributed by atoms with Crippen molar-refractivity contribution in [1.29, 1.82) is 0 Å². The summed E-state index contributed by atoms with van der Waals surface area (Å²) in [6, 6.07) is 17.9. The van der Waals surface area contributed by atoms with Gasteiger partial charge < -0.3 is 15.0 Å². The topological polar surface area (TPSA) is 61.9 Å². The number of nitrogens with one attached hydrogen (secondary N) is 1. The second kappa shape index (κ2) is 11.1. The van der Waals surface area contributed by atoms with Gasteiger partial charge in [-0.15, -0.1) is 0 Å². The van der Waals surface area contributed by atoms with Crippen LogP contribution in [0.25, 0.3) is 0 Å². The number of amides is 2. The number of ether oxygens (including phenoxy) is 1. The average molecular weight is 476 g/mol. The molecule has 2 aliphatic heterocycles. The summed E-state index contributed by atoms with van der Waals surface area (Å²) in [5.74, 6) is 1.77. The molecule has 1 spiro atoms. The van der Waals surface area contributed by atoms with Crippen LogP contribution in [0.1, 0.15) is 52.0 Å². The van der Waals surface area contributed by atoms with Crippen molar-refractivity contribution < 1.29 is 14.3 Å². The molecule has 186 valence electrons. The van der Waals surface area contributed by atoms with Crippen LogP contribution in [-0.2, 0) is 16.1 Å². The van der Waals surface area contributed by atoms with Crippen molar-refractivity contribution in [3.8, 4) is 11.5 Å². The fraction of sp³-hybridized carbons (Fsp3) is 0.448. The summed E-state index contributed by atoms with van der Waals surface area (Å²) >= 11 is 0. The Morgan fingerprint density at radius 1 is 1.00 bits per heavy atom. The van der Waals surface area contributed by atoms with Crippen LogP contribution in [-0.4, -0.2) is 46.8 Å². The number of para-hydroxylation sites is 1. The molecule has 4 rings (SSSR count). The number of piperidine rings is 1. The molecule has 0 saturated carbocycles. The third-order valence-corrected chi connectivity index (χ3v) is 6.89. The van der Waals surface area contributed by atoms with E-state index in [9.17, 15) is 9.59 Å². The third kappa shape index (κ3) is 5.76. The van der Waals surface area contributed by atoms with Crippen LogP contribution in [0.3, 0.4) is 0 Å². The van der Waals surface area contributed by atoms with Crippen LogP contribution in [0.5, 0.6) is 11.5 Å². The zero-order valence-electron chi connectivity index (χ0n) is 21.1. The minimum Gasteiger partial charge on any atom is -0.457 e. The lowest BCUT2D eigenvalue weighted by Crippen LogP contribution is -2.69. The molecular formula is C29H37N3O3. The molecule has 2 heterocycles. The number of hydrogen-bond acceptors (Lipinski definition) is 4. The number of piperazine rings is 1. The highest BCUT2D eigenvalue weighted by Crippen LogP contribution is 2.35. The van der Waals surface area contributed by atoms with Gasteiger partial charge in [-0.05, 0) is 55.0 Å².